The molecule has 0 aromatic carbocycles. The van der Waals surface area contributed by atoms with Gasteiger partial charge in [0.1, 0.15) is 17.5 Å². The molecule has 5 nitrogen and oxygen atoms in total. The second-order valence-electron chi connectivity index (χ2n) is 4.93. The van der Waals surface area contributed by atoms with Gasteiger partial charge >= 0.3 is 0 Å². The molecule has 2 unspecified atom stereocenters. The van der Waals surface area contributed by atoms with Gasteiger partial charge in [0.2, 0.25) is 0 Å². The highest BCUT2D eigenvalue weighted by atomic mass is 32.2. The Morgan fingerprint density at radius 2 is 1.80 bits per heavy atom. The molecule has 0 spiro atoms. The maximum absolute atomic E-state index is 11.4. The molecule has 0 amide bonds. The molecule has 1 aromatic heterocycles. The van der Waals surface area contributed by atoms with Crippen LogP contribution in [-0.2, 0) is 17.2 Å². The molecule has 0 fully saturated rings. The van der Waals surface area contributed by atoms with Gasteiger partial charge in [0.05, 0.1) is 0 Å². The zero-order chi connectivity index (χ0) is 15.1. The highest BCUT2D eigenvalue weighted by molar-refractivity contribution is 7.84. The van der Waals surface area contributed by atoms with Crippen LogP contribution in [0.5, 0.6) is 0 Å². The van der Waals surface area contributed by atoms with Crippen LogP contribution in [0.25, 0.3) is 0 Å². The second kappa shape index (κ2) is 8.19. The summed E-state index contributed by atoms with van der Waals surface area (Å²) in [5.41, 5.74) is 1.02. The fourth-order valence-electron chi connectivity index (χ4n) is 1.67. The topological polar surface area (TPSA) is 66.9 Å². The molecule has 0 aliphatic heterocycles. The van der Waals surface area contributed by atoms with E-state index in [-0.39, 0.29) is 5.25 Å². The van der Waals surface area contributed by atoms with Crippen LogP contribution in [0, 0.1) is 6.92 Å². The summed E-state index contributed by atoms with van der Waals surface area (Å²) < 4.78 is 11.4. The molecule has 0 aliphatic carbocycles. The van der Waals surface area contributed by atoms with Crippen LogP contribution in [0.1, 0.15) is 38.6 Å². The van der Waals surface area contributed by atoms with Gasteiger partial charge in [0.15, 0.2) is 0 Å². The minimum Gasteiger partial charge on any atom is -0.370 e. The number of hydrogen-bond donors (Lipinski definition) is 2. The van der Waals surface area contributed by atoms with Gasteiger partial charge in [-0.15, -0.1) is 0 Å². The van der Waals surface area contributed by atoms with Gasteiger partial charge in [-0.25, -0.2) is 9.97 Å². The Labute approximate surface area is 124 Å². The number of nitrogens with one attached hydrogen (secondary N) is 2. The molecule has 0 radical (unpaired) electrons. The van der Waals surface area contributed by atoms with Crippen molar-refractivity contribution < 1.29 is 4.21 Å². The first-order chi connectivity index (χ1) is 9.49. The van der Waals surface area contributed by atoms with Gasteiger partial charge in [-0.3, -0.25) is 4.21 Å². The Balaban J connectivity index is 2.90. The standard InChI is InChI=1S/C14H26N4OS/c1-6-8-15-13-11(4)14(18-12(7-2)17-13)16-9-10(3)20(5)19/h10H,6-9H2,1-5H3,(H2,15,16,17,18). The third-order valence-electron chi connectivity index (χ3n) is 3.17. The monoisotopic (exact) mass is 298 g/mol. The van der Waals surface area contributed by atoms with E-state index in [0.717, 1.165) is 42.4 Å². The van der Waals surface area contributed by atoms with Crippen LogP contribution in [0.2, 0.25) is 0 Å². The van der Waals surface area contributed by atoms with Crippen LogP contribution < -0.4 is 10.6 Å². The molecule has 114 valence electrons. The first-order valence-corrected chi connectivity index (χ1v) is 8.79. The van der Waals surface area contributed by atoms with Crippen molar-refractivity contribution in [3.05, 3.63) is 11.4 Å². The zero-order valence-corrected chi connectivity index (χ0v) is 13.9. The summed E-state index contributed by atoms with van der Waals surface area (Å²) in [5.74, 6) is 2.56. The molecular formula is C14H26N4OS. The van der Waals surface area contributed by atoms with Crippen molar-refractivity contribution in [2.45, 2.75) is 45.8 Å². The van der Waals surface area contributed by atoms with Crippen LogP contribution >= 0.6 is 0 Å². The Morgan fingerprint density at radius 1 is 1.20 bits per heavy atom. The Hall–Kier alpha value is -1.17. The van der Waals surface area contributed by atoms with E-state index in [1.54, 1.807) is 6.26 Å². The van der Waals surface area contributed by atoms with Crippen LogP contribution in [0.4, 0.5) is 11.6 Å². The molecule has 0 saturated carbocycles. The predicted molar refractivity (Wildman–Crippen MR) is 86.9 cm³/mol. The van der Waals surface area contributed by atoms with E-state index in [0.29, 0.717) is 6.54 Å². The van der Waals surface area contributed by atoms with E-state index in [1.165, 1.54) is 0 Å². The van der Waals surface area contributed by atoms with Crippen molar-refractivity contribution >= 4 is 22.4 Å². The van der Waals surface area contributed by atoms with Gasteiger partial charge in [0, 0.05) is 47.4 Å². The average molecular weight is 298 g/mol. The van der Waals surface area contributed by atoms with Crippen molar-refractivity contribution in [2.24, 2.45) is 0 Å². The number of aryl methyl sites for hydroxylation is 1. The summed E-state index contributed by atoms with van der Waals surface area (Å²) in [4.78, 5) is 9.06. The lowest BCUT2D eigenvalue weighted by atomic mass is 10.2. The van der Waals surface area contributed by atoms with Crippen LogP contribution in [0.15, 0.2) is 0 Å². The van der Waals surface area contributed by atoms with E-state index in [2.05, 4.69) is 27.5 Å². The van der Waals surface area contributed by atoms with Gasteiger partial charge in [0.25, 0.3) is 0 Å². The SMILES string of the molecule is CCCNc1nc(CC)nc(NCC(C)S(C)=O)c1C. The van der Waals surface area contributed by atoms with Gasteiger partial charge in [-0.05, 0) is 20.3 Å². The summed E-state index contributed by atoms with van der Waals surface area (Å²) in [6.07, 6.45) is 3.58. The number of rotatable bonds is 8. The Kier molecular flexibility index (Phi) is 6.91. The molecule has 0 aliphatic rings. The lowest BCUT2D eigenvalue weighted by molar-refractivity contribution is 0.678. The maximum Gasteiger partial charge on any atom is 0.134 e. The molecule has 2 atom stereocenters. The van der Waals surface area contributed by atoms with Crippen molar-refractivity contribution in [1.29, 1.82) is 0 Å². The summed E-state index contributed by atoms with van der Waals surface area (Å²) >= 11 is 0. The first-order valence-electron chi connectivity index (χ1n) is 7.17. The van der Waals surface area contributed by atoms with Crippen LogP contribution in [-0.4, -0.2) is 38.8 Å². The van der Waals surface area contributed by atoms with Crippen molar-refractivity contribution in [3.63, 3.8) is 0 Å². The zero-order valence-electron chi connectivity index (χ0n) is 13.1. The molecule has 0 bridgehead atoms. The minimum absolute atomic E-state index is 0.0986. The number of hydrogen-bond acceptors (Lipinski definition) is 5. The molecule has 1 aromatic rings. The first kappa shape index (κ1) is 16.9. The fraction of sp³-hybridized carbons (Fsp3) is 0.714. The second-order valence-corrected chi connectivity index (χ2v) is 6.73. The normalized spacial score (nSPS) is 13.8. The third-order valence-corrected chi connectivity index (χ3v) is 4.47. The van der Waals surface area contributed by atoms with Crippen LogP contribution in [0.3, 0.4) is 0 Å². The number of anilines is 2. The smallest absolute Gasteiger partial charge is 0.134 e. The van der Waals surface area contributed by atoms with Crippen molar-refractivity contribution in [2.75, 3.05) is 30.0 Å². The molecule has 1 heterocycles. The van der Waals surface area contributed by atoms with Gasteiger partial charge < -0.3 is 10.6 Å². The summed E-state index contributed by atoms with van der Waals surface area (Å²) in [6.45, 7) is 9.69. The van der Waals surface area contributed by atoms with E-state index < -0.39 is 10.8 Å². The Bertz CT molecular complexity index is 465. The minimum atomic E-state index is -0.829. The molecule has 6 heteroatoms. The summed E-state index contributed by atoms with van der Waals surface area (Å²) in [7, 11) is -0.829. The summed E-state index contributed by atoms with van der Waals surface area (Å²) in [6, 6.07) is 0. The largest absolute Gasteiger partial charge is 0.370 e. The van der Waals surface area contributed by atoms with E-state index in [4.69, 9.17) is 0 Å². The van der Waals surface area contributed by atoms with Gasteiger partial charge in [-0.1, -0.05) is 13.8 Å². The third kappa shape index (κ3) is 4.74. The van der Waals surface area contributed by atoms with Crippen molar-refractivity contribution in [1.82, 2.24) is 9.97 Å². The lowest BCUT2D eigenvalue weighted by Crippen LogP contribution is -2.22. The molecular weight excluding hydrogens is 272 g/mol. The quantitative estimate of drug-likeness (QED) is 0.771. The number of aromatic nitrogens is 2. The van der Waals surface area contributed by atoms with Crippen molar-refractivity contribution in [3.8, 4) is 0 Å². The number of nitrogens with zero attached hydrogens (tertiary/aromatic N) is 2. The van der Waals surface area contributed by atoms with E-state index in [1.807, 2.05) is 20.8 Å². The highest BCUT2D eigenvalue weighted by Crippen LogP contribution is 2.20. The summed E-state index contributed by atoms with van der Waals surface area (Å²) in [5, 5.41) is 6.74. The maximum atomic E-state index is 11.4. The van der Waals surface area contributed by atoms with E-state index in [9.17, 15) is 4.21 Å². The average Bonchev–Trinajstić information content (AvgIpc) is 2.44. The lowest BCUT2D eigenvalue weighted by Gasteiger charge is -2.16. The van der Waals surface area contributed by atoms with Gasteiger partial charge in [-0.2, -0.15) is 0 Å². The highest BCUT2D eigenvalue weighted by Gasteiger charge is 2.12. The van der Waals surface area contributed by atoms with E-state index >= 15 is 0 Å². The molecule has 20 heavy (non-hydrogen) atoms. The molecule has 1 rings (SSSR count). The molecule has 0 saturated heterocycles. The predicted octanol–water partition coefficient (Wildman–Crippen LogP) is 2.35. The Morgan fingerprint density at radius 3 is 2.30 bits per heavy atom. The fourth-order valence-corrected chi connectivity index (χ4v) is 1.98. The molecule has 2 N–H and O–H groups in total.